The van der Waals surface area contributed by atoms with Crippen LogP contribution in [-0.2, 0) is 22.6 Å². The van der Waals surface area contributed by atoms with E-state index < -0.39 is 0 Å². The average molecular weight is 424 g/mol. The number of oxime groups is 1. The first-order valence-electron chi connectivity index (χ1n) is 10.7. The fraction of sp³-hybridized carbons (Fsp3) is 0.417. The molecule has 0 saturated carbocycles. The van der Waals surface area contributed by atoms with Crippen molar-refractivity contribution in [2.45, 2.75) is 26.0 Å². The van der Waals surface area contributed by atoms with Crippen LogP contribution in [0.15, 0.2) is 58.7 Å². The van der Waals surface area contributed by atoms with Crippen LogP contribution in [-0.4, -0.2) is 50.5 Å². The minimum atomic E-state index is 0.426. The molecule has 4 rings (SSSR count). The van der Waals surface area contributed by atoms with Gasteiger partial charge in [-0.25, -0.2) is 4.99 Å². The topological polar surface area (TPSA) is 64.9 Å². The van der Waals surface area contributed by atoms with Gasteiger partial charge in [-0.1, -0.05) is 35.5 Å². The van der Waals surface area contributed by atoms with Gasteiger partial charge < -0.3 is 23.9 Å². The largest absolute Gasteiger partial charge is 0.489 e. The highest BCUT2D eigenvalue weighted by Crippen LogP contribution is 2.21. The molecule has 2 heterocycles. The summed E-state index contributed by atoms with van der Waals surface area (Å²) in [7, 11) is 1.66. The van der Waals surface area contributed by atoms with Crippen LogP contribution in [0.4, 0.5) is 0 Å². The van der Waals surface area contributed by atoms with Crippen LogP contribution >= 0.6 is 0 Å². The van der Waals surface area contributed by atoms with Crippen molar-refractivity contribution < 1.29 is 19.0 Å². The van der Waals surface area contributed by atoms with Crippen LogP contribution in [0.2, 0.25) is 0 Å². The summed E-state index contributed by atoms with van der Waals surface area (Å²) in [4.78, 5) is 12.0. The van der Waals surface area contributed by atoms with Gasteiger partial charge in [-0.3, -0.25) is 0 Å². The van der Waals surface area contributed by atoms with Crippen LogP contribution in [0.1, 0.15) is 24.0 Å². The summed E-state index contributed by atoms with van der Waals surface area (Å²) < 4.78 is 16.6. The van der Waals surface area contributed by atoms with E-state index in [4.69, 9.17) is 19.0 Å². The molecule has 164 valence electrons. The monoisotopic (exact) mass is 423 g/mol. The second kappa shape index (κ2) is 10.8. The van der Waals surface area contributed by atoms with Gasteiger partial charge in [0.1, 0.15) is 12.4 Å². The maximum atomic E-state index is 5.94. The van der Waals surface area contributed by atoms with Gasteiger partial charge in [0.2, 0.25) is 0 Å². The van der Waals surface area contributed by atoms with Crippen molar-refractivity contribution in [3.8, 4) is 11.5 Å². The fourth-order valence-electron chi connectivity index (χ4n) is 3.59. The highest BCUT2D eigenvalue weighted by atomic mass is 16.6. The standard InChI is InChI=1S/C24H29N3O4/c1-28-24-25-11-12-27(24)17-20-5-7-21(8-6-20)18-30-22-3-2-4-23(15-22)31-26-16-19-9-13-29-14-10-19/h2-8,15-16,19H,9-14,17-18H2,1H3/b26-16-. The van der Waals surface area contributed by atoms with Gasteiger partial charge in [0.15, 0.2) is 5.75 Å². The number of rotatable bonds is 8. The molecule has 1 fully saturated rings. The predicted octanol–water partition coefficient (Wildman–Crippen LogP) is 3.87. The molecule has 2 aliphatic heterocycles. The number of aliphatic imine (C=N–C) groups is 1. The first-order chi connectivity index (χ1) is 15.3. The number of methoxy groups -OCH3 is 1. The quantitative estimate of drug-likeness (QED) is 0.476. The Labute approximate surface area is 183 Å². The van der Waals surface area contributed by atoms with E-state index in [1.165, 1.54) is 5.56 Å². The molecule has 7 heteroatoms. The Morgan fingerprint density at radius 1 is 1.10 bits per heavy atom. The molecular weight excluding hydrogens is 394 g/mol. The third-order valence-corrected chi connectivity index (χ3v) is 5.37. The zero-order chi connectivity index (χ0) is 21.3. The summed E-state index contributed by atoms with van der Waals surface area (Å²) in [5.74, 6) is 1.84. The average Bonchev–Trinajstić information content (AvgIpc) is 3.27. The number of amidine groups is 1. The van der Waals surface area contributed by atoms with Gasteiger partial charge in [0.25, 0.3) is 6.02 Å². The molecule has 31 heavy (non-hydrogen) atoms. The van der Waals surface area contributed by atoms with Gasteiger partial charge in [-0.05, 0) is 36.1 Å². The van der Waals surface area contributed by atoms with Crippen molar-refractivity contribution >= 4 is 12.2 Å². The smallest absolute Gasteiger partial charge is 0.287 e. The molecule has 2 aromatic carbocycles. The first kappa shape index (κ1) is 21.2. The van der Waals surface area contributed by atoms with E-state index in [1.54, 1.807) is 7.11 Å². The summed E-state index contributed by atoms with van der Waals surface area (Å²) in [5.41, 5.74) is 2.32. The van der Waals surface area contributed by atoms with E-state index in [-0.39, 0.29) is 0 Å². The predicted molar refractivity (Wildman–Crippen MR) is 120 cm³/mol. The molecular formula is C24H29N3O4. The van der Waals surface area contributed by atoms with E-state index >= 15 is 0 Å². The Kier molecular flexibility index (Phi) is 7.39. The lowest BCUT2D eigenvalue weighted by molar-refractivity contribution is 0.0833. The summed E-state index contributed by atoms with van der Waals surface area (Å²) in [6, 6.07) is 16.7. The van der Waals surface area contributed by atoms with E-state index in [0.717, 1.165) is 57.0 Å². The lowest BCUT2D eigenvalue weighted by Crippen LogP contribution is -2.28. The number of benzene rings is 2. The highest BCUT2D eigenvalue weighted by Gasteiger charge is 2.17. The number of ether oxygens (including phenoxy) is 3. The molecule has 1 saturated heterocycles. The molecule has 0 atom stereocenters. The molecule has 0 amide bonds. The summed E-state index contributed by atoms with van der Waals surface area (Å²) in [6.45, 7) is 4.55. The van der Waals surface area contributed by atoms with Crippen molar-refractivity contribution in [3.63, 3.8) is 0 Å². The van der Waals surface area contributed by atoms with E-state index in [0.29, 0.717) is 24.3 Å². The molecule has 0 unspecified atom stereocenters. The maximum absolute atomic E-state index is 5.94. The van der Waals surface area contributed by atoms with Crippen LogP contribution < -0.4 is 9.57 Å². The Morgan fingerprint density at radius 2 is 1.87 bits per heavy atom. The van der Waals surface area contributed by atoms with Gasteiger partial charge >= 0.3 is 0 Å². The molecule has 2 aliphatic rings. The molecule has 2 aromatic rings. The molecule has 0 spiro atoms. The Balaban J connectivity index is 1.25. The van der Waals surface area contributed by atoms with Gasteiger partial charge in [-0.2, -0.15) is 0 Å². The van der Waals surface area contributed by atoms with E-state index in [2.05, 4.69) is 39.3 Å². The molecule has 0 N–H and O–H groups in total. The van der Waals surface area contributed by atoms with Crippen molar-refractivity contribution in [1.82, 2.24) is 4.90 Å². The van der Waals surface area contributed by atoms with Crippen molar-refractivity contribution in [2.75, 3.05) is 33.4 Å². The van der Waals surface area contributed by atoms with Crippen molar-refractivity contribution in [2.24, 2.45) is 16.1 Å². The first-order valence-corrected chi connectivity index (χ1v) is 10.7. The Morgan fingerprint density at radius 3 is 2.68 bits per heavy atom. The number of hydrogen-bond donors (Lipinski definition) is 0. The SMILES string of the molecule is COC1=NCCN1Cc1ccc(COc2cccc(O/N=C\C3CCOCC3)c2)cc1. The van der Waals surface area contributed by atoms with Crippen molar-refractivity contribution in [1.29, 1.82) is 0 Å². The van der Waals surface area contributed by atoms with Crippen LogP contribution in [0.5, 0.6) is 11.5 Å². The Hall–Kier alpha value is -3.06. The zero-order valence-electron chi connectivity index (χ0n) is 17.9. The molecule has 7 nitrogen and oxygen atoms in total. The minimum Gasteiger partial charge on any atom is -0.489 e. The van der Waals surface area contributed by atoms with E-state index in [9.17, 15) is 0 Å². The zero-order valence-corrected chi connectivity index (χ0v) is 17.9. The van der Waals surface area contributed by atoms with Gasteiger partial charge in [0, 0.05) is 44.5 Å². The van der Waals surface area contributed by atoms with Crippen LogP contribution in [0.25, 0.3) is 0 Å². The van der Waals surface area contributed by atoms with E-state index in [1.807, 2.05) is 30.5 Å². The second-order valence-corrected chi connectivity index (χ2v) is 7.67. The van der Waals surface area contributed by atoms with Gasteiger partial charge in [0.05, 0.1) is 13.7 Å². The van der Waals surface area contributed by atoms with Crippen LogP contribution in [0, 0.1) is 5.92 Å². The summed E-state index contributed by atoms with van der Waals surface area (Å²) in [5, 5.41) is 4.13. The van der Waals surface area contributed by atoms with Crippen LogP contribution in [0.3, 0.4) is 0 Å². The molecule has 0 bridgehead atoms. The Bertz CT molecular complexity index is 892. The fourth-order valence-corrected chi connectivity index (χ4v) is 3.59. The number of nitrogens with zero attached hydrogens (tertiary/aromatic N) is 3. The highest BCUT2D eigenvalue weighted by molar-refractivity contribution is 5.75. The second-order valence-electron chi connectivity index (χ2n) is 7.67. The summed E-state index contributed by atoms with van der Waals surface area (Å²) in [6.07, 6.45) is 3.86. The third-order valence-electron chi connectivity index (χ3n) is 5.37. The van der Waals surface area contributed by atoms with Crippen molar-refractivity contribution in [3.05, 3.63) is 59.7 Å². The third kappa shape index (κ3) is 6.21. The lowest BCUT2D eigenvalue weighted by Gasteiger charge is -2.18. The lowest BCUT2D eigenvalue weighted by atomic mass is 10.0. The maximum Gasteiger partial charge on any atom is 0.287 e. The normalized spacial score (nSPS) is 17.1. The minimum absolute atomic E-state index is 0.426. The molecule has 0 radical (unpaired) electrons. The molecule has 0 aliphatic carbocycles. The van der Waals surface area contributed by atoms with Gasteiger partial charge in [-0.15, -0.1) is 0 Å². The number of hydrogen-bond acceptors (Lipinski definition) is 7. The summed E-state index contributed by atoms with van der Waals surface area (Å²) >= 11 is 0. The molecule has 0 aromatic heterocycles.